The smallest absolute Gasteiger partial charge is 0.225 e. The third-order valence-corrected chi connectivity index (χ3v) is 8.27. The highest BCUT2D eigenvalue weighted by Gasteiger charge is 2.34. The van der Waals surface area contributed by atoms with Gasteiger partial charge in [0.2, 0.25) is 15.7 Å². The molecule has 2 aromatic carbocycles. The molecule has 2 heterocycles. The third-order valence-electron chi connectivity index (χ3n) is 5.25. The van der Waals surface area contributed by atoms with Gasteiger partial charge in [0.05, 0.1) is 17.7 Å². The molecule has 6 nitrogen and oxygen atoms in total. The summed E-state index contributed by atoms with van der Waals surface area (Å²) in [5.74, 6) is 2.86. The number of carbonyl (C=O) groups is 1. The predicted octanol–water partition coefficient (Wildman–Crippen LogP) is 4.38. The van der Waals surface area contributed by atoms with Gasteiger partial charge in [-0.3, -0.25) is 4.79 Å². The van der Waals surface area contributed by atoms with Gasteiger partial charge < -0.3 is 14.8 Å². The normalized spacial score (nSPS) is 15.4. The Morgan fingerprint density at radius 2 is 2.03 bits per heavy atom. The van der Waals surface area contributed by atoms with Crippen LogP contribution in [-0.2, 0) is 14.6 Å². The number of thiophene rings is 1. The average molecular weight is 468 g/mol. The fourth-order valence-electron chi connectivity index (χ4n) is 3.72. The quantitative estimate of drug-likeness (QED) is 0.544. The van der Waals surface area contributed by atoms with Crippen molar-refractivity contribution in [3.05, 3.63) is 63.8 Å². The van der Waals surface area contributed by atoms with Crippen molar-refractivity contribution in [3.63, 3.8) is 0 Å². The van der Waals surface area contributed by atoms with Crippen molar-refractivity contribution in [1.82, 2.24) is 0 Å². The van der Waals surface area contributed by atoms with Gasteiger partial charge in [0.15, 0.2) is 11.5 Å². The molecule has 1 aromatic heterocycles. The molecule has 1 atom stereocenters. The molecule has 164 valence electrons. The second-order valence-electron chi connectivity index (χ2n) is 7.37. The van der Waals surface area contributed by atoms with Crippen LogP contribution < -0.4 is 14.8 Å². The number of amides is 1. The lowest BCUT2D eigenvalue weighted by Crippen LogP contribution is -2.23. The van der Waals surface area contributed by atoms with Crippen molar-refractivity contribution < 1.29 is 22.7 Å². The van der Waals surface area contributed by atoms with Crippen LogP contribution in [0.25, 0.3) is 0 Å². The Bertz CT molecular complexity index is 1330. The first-order valence-electron chi connectivity index (χ1n) is 9.82. The molecule has 1 N–H and O–H groups in total. The number of anilines is 1. The first-order valence-corrected chi connectivity index (χ1v) is 12.2. The van der Waals surface area contributed by atoms with E-state index in [1.807, 2.05) is 19.1 Å². The predicted molar refractivity (Wildman–Crippen MR) is 123 cm³/mol. The molecule has 4 rings (SSSR count). The van der Waals surface area contributed by atoms with Crippen molar-refractivity contribution in [2.24, 2.45) is 0 Å². The van der Waals surface area contributed by atoms with Crippen LogP contribution >= 0.6 is 11.3 Å². The van der Waals surface area contributed by atoms with Crippen molar-refractivity contribution in [2.45, 2.75) is 29.1 Å². The Kier molecular flexibility index (Phi) is 5.96. The highest BCUT2D eigenvalue weighted by Crippen LogP contribution is 2.47. The summed E-state index contributed by atoms with van der Waals surface area (Å²) >= 11 is 1.32. The Morgan fingerprint density at radius 3 is 2.75 bits per heavy atom. The SMILES string of the molecule is C#CCOc1ccc(C2CC(=O)Nc3c(S(=O)(=O)c4cccc(C)c4)csc32)cc1OC. The number of sulfone groups is 1. The number of aryl methyl sites for hydroxylation is 1. The molecule has 0 radical (unpaired) electrons. The van der Waals surface area contributed by atoms with E-state index in [1.54, 1.807) is 35.7 Å². The van der Waals surface area contributed by atoms with E-state index in [0.717, 1.165) is 16.0 Å². The molecule has 0 aliphatic carbocycles. The summed E-state index contributed by atoms with van der Waals surface area (Å²) in [7, 11) is -2.26. The molecular weight excluding hydrogens is 446 g/mol. The maximum absolute atomic E-state index is 13.3. The molecule has 0 saturated heterocycles. The summed E-state index contributed by atoms with van der Waals surface area (Å²) in [6.07, 6.45) is 5.46. The second-order valence-corrected chi connectivity index (χ2v) is 10.2. The van der Waals surface area contributed by atoms with Gasteiger partial charge in [0.1, 0.15) is 11.5 Å². The number of methoxy groups -OCH3 is 1. The summed E-state index contributed by atoms with van der Waals surface area (Å²) in [6, 6.07) is 12.1. The highest BCUT2D eigenvalue weighted by molar-refractivity contribution is 7.91. The largest absolute Gasteiger partial charge is 0.493 e. The van der Waals surface area contributed by atoms with Gasteiger partial charge in [0, 0.05) is 22.6 Å². The number of hydrogen-bond donors (Lipinski definition) is 1. The average Bonchev–Trinajstić information content (AvgIpc) is 3.21. The summed E-state index contributed by atoms with van der Waals surface area (Å²) in [4.78, 5) is 13.7. The maximum atomic E-state index is 13.3. The van der Waals surface area contributed by atoms with E-state index in [-0.39, 0.29) is 34.6 Å². The molecule has 0 bridgehead atoms. The van der Waals surface area contributed by atoms with Crippen LogP contribution in [0.3, 0.4) is 0 Å². The first-order chi connectivity index (χ1) is 15.3. The number of benzene rings is 2. The number of fused-ring (bicyclic) bond motifs is 1. The zero-order valence-corrected chi connectivity index (χ0v) is 19.2. The van der Waals surface area contributed by atoms with Crippen LogP contribution in [-0.4, -0.2) is 28.0 Å². The Labute approximate surface area is 191 Å². The van der Waals surface area contributed by atoms with Crippen LogP contribution in [0.1, 0.15) is 28.3 Å². The van der Waals surface area contributed by atoms with E-state index in [0.29, 0.717) is 17.2 Å². The van der Waals surface area contributed by atoms with Crippen molar-refractivity contribution >= 4 is 32.8 Å². The minimum atomic E-state index is -3.79. The lowest BCUT2D eigenvalue weighted by Gasteiger charge is -2.24. The molecule has 1 aliphatic rings. The van der Waals surface area contributed by atoms with Crippen molar-refractivity contribution in [3.8, 4) is 23.8 Å². The van der Waals surface area contributed by atoms with Crippen LogP contribution in [0, 0.1) is 19.3 Å². The van der Waals surface area contributed by atoms with E-state index >= 15 is 0 Å². The molecule has 0 spiro atoms. The van der Waals surface area contributed by atoms with E-state index in [2.05, 4.69) is 11.2 Å². The van der Waals surface area contributed by atoms with Gasteiger partial charge in [-0.2, -0.15) is 0 Å². The van der Waals surface area contributed by atoms with E-state index in [4.69, 9.17) is 15.9 Å². The summed E-state index contributed by atoms with van der Waals surface area (Å²) in [6.45, 7) is 1.95. The Balaban J connectivity index is 1.77. The molecule has 32 heavy (non-hydrogen) atoms. The minimum absolute atomic E-state index is 0.108. The number of ether oxygens (including phenoxy) is 2. The topological polar surface area (TPSA) is 81.7 Å². The summed E-state index contributed by atoms with van der Waals surface area (Å²) < 4.78 is 37.6. The Morgan fingerprint density at radius 1 is 1.22 bits per heavy atom. The monoisotopic (exact) mass is 467 g/mol. The van der Waals surface area contributed by atoms with Gasteiger partial charge in [-0.25, -0.2) is 8.42 Å². The van der Waals surface area contributed by atoms with Crippen LogP contribution in [0.15, 0.2) is 57.6 Å². The van der Waals surface area contributed by atoms with Crippen molar-refractivity contribution in [2.75, 3.05) is 19.0 Å². The lowest BCUT2D eigenvalue weighted by atomic mass is 9.90. The molecule has 0 fully saturated rings. The first kappa shape index (κ1) is 21.9. The molecule has 0 saturated carbocycles. The zero-order valence-electron chi connectivity index (χ0n) is 17.5. The maximum Gasteiger partial charge on any atom is 0.225 e. The van der Waals surface area contributed by atoms with Crippen LogP contribution in [0.5, 0.6) is 11.5 Å². The molecular formula is C24H21NO5S2. The van der Waals surface area contributed by atoms with Crippen molar-refractivity contribution in [1.29, 1.82) is 0 Å². The molecule has 3 aromatic rings. The number of hydrogen-bond acceptors (Lipinski definition) is 6. The van der Waals surface area contributed by atoms with Crippen LogP contribution in [0.4, 0.5) is 5.69 Å². The second kappa shape index (κ2) is 8.69. The zero-order chi connectivity index (χ0) is 22.9. The van der Waals surface area contributed by atoms with Crippen LogP contribution in [0.2, 0.25) is 0 Å². The molecule has 8 heteroatoms. The fraction of sp³-hybridized carbons (Fsp3) is 0.208. The fourth-order valence-corrected chi connectivity index (χ4v) is 6.73. The van der Waals surface area contributed by atoms with Gasteiger partial charge in [0.25, 0.3) is 0 Å². The van der Waals surface area contributed by atoms with E-state index in [1.165, 1.54) is 18.4 Å². The number of rotatable bonds is 6. The lowest BCUT2D eigenvalue weighted by molar-refractivity contribution is -0.116. The van der Waals surface area contributed by atoms with Gasteiger partial charge in [-0.1, -0.05) is 24.1 Å². The summed E-state index contributed by atoms with van der Waals surface area (Å²) in [5.41, 5.74) is 2.02. The van der Waals surface area contributed by atoms with Gasteiger partial charge in [-0.05, 0) is 42.3 Å². The van der Waals surface area contributed by atoms with E-state index < -0.39 is 9.84 Å². The third kappa shape index (κ3) is 3.97. The number of terminal acetylenes is 1. The molecule has 1 amide bonds. The molecule has 1 aliphatic heterocycles. The van der Waals surface area contributed by atoms with Gasteiger partial charge >= 0.3 is 0 Å². The highest BCUT2D eigenvalue weighted by atomic mass is 32.2. The molecule has 1 unspecified atom stereocenters. The number of nitrogens with one attached hydrogen (secondary N) is 1. The summed E-state index contributed by atoms with van der Waals surface area (Å²) in [5, 5.41) is 4.38. The number of carbonyl (C=O) groups excluding carboxylic acids is 1. The van der Waals surface area contributed by atoms with E-state index in [9.17, 15) is 13.2 Å². The minimum Gasteiger partial charge on any atom is -0.493 e. The Hall–Kier alpha value is -3.28. The van der Waals surface area contributed by atoms with Gasteiger partial charge in [-0.15, -0.1) is 17.8 Å². The standard InChI is InChI=1S/C24H21NO5S2/c1-4-10-30-19-9-8-16(12-20(19)29-3)18-13-22(26)25-23-21(14-31-24(18)23)32(27,28)17-7-5-6-15(2)11-17/h1,5-9,11-12,14,18H,10,13H2,2-3H3,(H,25,26).